The van der Waals surface area contributed by atoms with E-state index in [1.165, 1.54) is 12.1 Å². The average molecular weight is 638 g/mol. The number of hydrogen-bond donors (Lipinski definition) is 1. The molecule has 1 heterocycles. The van der Waals surface area contributed by atoms with Crippen LogP contribution in [0.3, 0.4) is 0 Å². The van der Waals surface area contributed by atoms with Crippen LogP contribution < -0.4 is 19.3 Å². The lowest BCUT2D eigenvalue weighted by Crippen LogP contribution is -2.49. The molecule has 0 bridgehead atoms. The van der Waals surface area contributed by atoms with Crippen molar-refractivity contribution < 1.29 is 17.9 Å². The van der Waals surface area contributed by atoms with E-state index in [1.807, 2.05) is 98.8 Å². The van der Waals surface area contributed by atoms with Crippen molar-refractivity contribution in [2.45, 2.75) is 31.5 Å². The van der Waals surface area contributed by atoms with Crippen molar-refractivity contribution in [3.8, 4) is 5.75 Å². The van der Waals surface area contributed by atoms with E-state index in [0.717, 1.165) is 16.7 Å². The number of anilines is 3. The van der Waals surface area contributed by atoms with Crippen molar-refractivity contribution in [2.75, 3.05) is 21.1 Å². The zero-order valence-electron chi connectivity index (χ0n) is 24.9. The van der Waals surface area contributed by atoms with E-state index in [1.54, 1.807) is 29.2 Å². The summed E-state index contributed by atoms with van der Waals surface area (Å²) in [6.45, 7) is 4.78. The lowest BCUT2D eigenvalue weighted by molar-refractivity contribution is 0.0968. The third-order valence-corrected chi connectivity index (χ3v) is 9.41. The van der Waals surface area contributed by atoms with Crippen LogP contribution in [0.5, 0.6) is 5.75 Å². The molecule has 1 amide bonds. The van der Waals surface area contributed by atoms with Crippen molar-refractivity contribution in [3.05, 3.63) is 149 Å². The van der Waals surface area contributed by atoms with E-state index in [-0.39, 0.29) is 16.4 Å². The molecule has 0 spiro atoms. The zero-order chi connectivity index (χ0) is 31.6. The van der Waals surface area contributed by atoms with Gasteiger partial charge in [0.15, 0.2) is 0 Å². The average Bonchev–Trinajstić information content (AvgIpc) is 3.04. The second kappa shape index (κ2) is 12.7. The smallest absolute Gasteiger partial charge is 0.262 e. The molecule has 7 nitrogen and oxygen atoms in total. The lowest BCUT2D eigenvalue weighted by atomic mass is 9.99. The summed E-state index contributed by atoms with van der Waals surface area (Å²) in [6.07, 6.45) is -0.634. The number of fused-ring (bicyclic) bond motifs is 1. The quantitative estimate of drug-likeness (QED) is 0.176. The molecule has 5 aromatic carbocycles. The van der Waals surface area contributed by atoms with Gasteiger partial charge in [-0.15, -0.1) is 0 Å². The molecule has 45 heavy (non-hydrogen) atoms. The van der Waals surface area contributed by atoms with Gasteiger partial charge in [0.1, 0.15) is 11.9 Å². The molecule has 1 N–H and O–H groups in total. The first-order chi connectivity index (χ1) is 21.7. The third kappa shape index (κ3) is 6.25. The van der Waals surface area contributed by atoms with Crippen molar-refractivity contribution in [3.63, 3.8) is 0 Å². The number of hydrogen-bond acceptors (Lipinski definition) is 5. The highest BCUT2D eigenvalue weighted by molar-refractivity contribution is 7.92. The maximum Gasteiger partial charge on any atom is 0.262 e. The molecule has 0 saturated heterocycles. The van der Waals surface area contributed by atoms with Gasteiger partial charge in [0.25, 0.3) is 15.9 Å². The standard InChI is InChI=1S/C36H32ClN3O4S/c1-3-44-29-19-17-28(18-20-29)40-35(31-11-7-8-12-33(31)37)39(24-26-9-5-4-6-10-26)34-22-21-30(23-32(34)36(40)41)45(42,43)38-27-15-13-25(2)14-16-27/h4-23,35,38H,3,24H2,1-2H3/t35-/m0/s1. The van der Waals surface area contributed by atoms with Crippen LogP contribution >= 0.6 is 11.6 Å². The summed E-state index contributed by atoms with van der Waals surface area (Å²) in [4.78, 5) is 18.4. The van der Waals surface area contributed by atoms with Gasteiger partial charge in [0, 0.05) is 28.5 Å². The fourth-order valence-corrected chi connectivity index (χ4v) is 6.84. The van der Waals surface area contributed by atoms with Gasteiger partial charge in [-0.05, 0) is 80.1 Å². The molecule has 0 saturated carbocycles. The van der Waals surface area contributed by atoms with Crippen LogP contribution in [-0.2, 0) is 16.6 Å². The van der Waals surface area contributed by atoms with E-state index >= 15 is 0 Å². The zero-order valence-corrected chi connectivity index (χ0v) is 26.4. The monoisotopic (exact) mass is 637 g/mol. The molecule has 0 aliphatic carbocycles. The van der Waals surface area contributed by atoms with Crippen molar-refractivity contribution in [2.24, 2.45) is 0 Å². The Balaban J connectivity index is 1.52. The number of amides is 1. The van der Waals surface area contributed by atoms with Crippen LogP contribution in [0.4, 0.5) is 17.1 Å². The molecule has 0 radical (unpaired) electrons. The number of ether oxygens (including phenoxy) is 1. The fraction of sp³-hybridized carbons (Fsp3) is 0.139. The van der Waals surface area contributed by atoms with Gasteiger partial charge >= 0.3 is 0 Å². The highest BCUT2D eigenvalue weighted by Gasteiger charge is 2.41. The second-order valence-corrected chi connectivity index (χ2v) is 12.9. The molecule has 6 rings (SSSR count). The number of carbonyl (C=O) groups excluding carboxylic acids is 1. The van der Waals surface area contributed by atoms with Gasteiger partial charge in [-0.3, -0.25) is 14.4 Å². The largest absolute Gasteiger partial charge is 0.494 e. The maximum atomic E-state index is 14.6. The van der Waals surface area contributed by atoms with Gasteiger partial charge in [0.05, 0.1) is 22.8 Å². The van der Waals surface area contributed by atoms with Gasteiger partial charge < -0.3 is 9.64 Å². The third-order valence-electron chi connectivity index (χ3n) is 7.69. The molecule has 228 valence electrons. The number of aryl methyl sites for hydroxylation is 1. The van der Waals surface area contributed by atoms with E-state index in [4.69, 9.17) is 16.3 Å². The number of benzene rings is 5. The predicted molar refractivity (Wildman–Crippen MR) is 180 cm³/mol. The summed E-state index contributed by atoms with van der Waals surface area (Å²) >= 11 is 6.82. The number of nitrogens with one attached hydrogen (secondary N) is 1. The van der Waals surface area contributed by atoms with Gasteiger partial charge in [0.2, 0.25) is 0 Å². The maximum absolute atomic E-state index is 14.6. The molecular weight excluding hydrogens is 606 g/mol. The van der Waals surface area contributed by atoms with Crippen LogP contribution in [0.1, 0.15) is 40.1 Å². The molecule has 1 aliphatic rings. The van der Waals surface area contributed by atoms with E-state index < -0.39 is 16.2 Å². The predicted octanol–water partition coefficient (Wildman–Crippen LogP) is 8.21. The fourth-order valence-electron chi connectivity index (χ4n) is 5.52. The molecule has 0 unspecified atom stereocenters. The van der Waals surface area contributed by atoms with Crippen molar-refractivity contribution in [1.82, 2.24) is 0 Å². The van der Waals surface area contributed by atoms with Crippen LogP contribution in [0.15, 0.2) is 126 Å². The second-order valence-electron chi connectivity index (χ2n) is 10.8. The minimum atomic E-state index is -4.00. The molecule has 0 fully saturated rings. The van der Waals surface area contributed by atoms with Gasteiger partial charge in [-0.2, -0.15) is 0 Å². The molecule has 5 aromatic rings. The van der Waals surface area contributed by atoms with Crippen molar-refractivity contribution >= 4 is 44.6 Å². The Morgan fingerprint density at radius 3 is 2.22 bits per heavy atom. The number of carbonyl (C=O) groups is 1. The van der Waals surface area contributed by atoms with E-state index in [9.17, 15) is 13.2 Å². The Bertz CT molecular complexity index is 1930. The molecule has 0 aromatic heterocycles. The van der Waals surface area contributed by atoms with E-state index in [0.29, 0.717) is 41.0 Å². The van der Waals surface area contributed by atoms with Crippen LogP contribution in [0, 0.1) is 6.92 Å². The first-order valence-electron chi connectivity index (χ1n) is 14.6. The Kier molecular flexibility index (Phi) is 8.52. The highest BCUT2D eigenvalue weighted by Crippen LogP contribution is 2.45. The van der Waals surface area contributed by atoms with Crippen LogP contribution in [0.2, 0.25) is 5.02 Å². The van der Waals surface area contributed by atoms with Gasteiger partial charge in [-0.25, -0.2) is 8.42 Å². The van der Waals surface area contributed by atoms with Crippen molar-refractivity contribution in [1.29, 1.82) is 0 Å². The number of rotatable bonds is 9. The lowest BCUT2D eigenvalue weighted by Gasteiger charge is -2.46. The normalized spacial score (nSPS) is 14.6. The summed E-state index contributed by atoms with van der Waals surface area (Å²) in [5.41, 5.74) is 4.67. The first kappa shape index (κ1) is 30.2. The highest BCUT2D eigenvalue weighted by atomic mass is 35.5. The Morgan fingerprint density at radius 1 is 0.844 bits per heavy atom. The number of nitrogens with zero attached hydrogens (tertiary/aromatic N) is 2. The summed E-state index contributed by atoms with van der Waals surface area (Å²) in [5.74, 6) is 0.327. The minimum absolute atomic E-state index is 0.0160. The summed E-state index contributed by atoms with van der Waals surface area (Å²) < 4.78 is 35.4. The molecular formula is C36H32ClN3O4S. The summed E-state index contributed by atoms with van der Waals surface area (Å²) in [6, 6.07) is 36.5. The SMILES string of the molecule is CCOc1ccc(N2C(=O)c3cc(S(=O)(=O)Nc4ccc(C)cc4)ccc3N(Cc3ccccc3)[C@@H]2c2ccccc2Cl)cc1. The molecule has 1 atom stereocenters. The summed E-state index contributed by atoms with van der Waals surface area (Å²) in [7, 11) is -4.00. The topological polar surface area (TPSA) is 78.9 Å². The van der Waals surface area contributed by atoms with E-state index in [2.05, 4.69) is 9.62 Å². The Hall–Kier alpha value is -4.79. The minimum Gasteiger partial charge on any atom is -0.494 e. The Morgan fingerprint density at radius 2 is 1.53 bits per heavy atom. The Labute approximate surface area is 268 Å². The number of sulfonamides is 1. The molecule has 1 aliphatic heterocycles. The van der Waals surface area contributed by atoms with Gasteiger partial charge in [-0.1, -0.05) is 77.8 Å². The molecule has 9 heteroatoms. The first-order valence-corrected chi connectivity index (χ1v) is 16.5. The van der Waals surface area contributed by atoms with Crippen LogP contribution in [-0.4, -0.2) is 20.9 Å². The van der Waals surface area contributed by atoms with Crippen LogP contribution in [0.25, 0.3) is 0 Å². The number of halogens is 1. The summed E-state index contributed by atoms with van der Waals surface area (Å²) in [5, 5.41) is 0.509.